The van der Waals surface area contributed by atoms with Gasteiger partial charge in [0.15, 0.2) is 17.3 Å². The van der Waals surface area contributed by atoms with E-state index < -0.39 is 11.7 Å². The SMILES string of the molecule is COc1cncc(OCC[C@@H](C)NC(=O)OC(C)(C)C)c1-c1cc(Nc2cnc(C#N)cn2)n[nH]1. The van der Waals surface area contributed by atoms with Crippen molar-refractivity contribution >= 4 is 17.7 Å². The molecule has 3 N–H and O–H groups in total. The Morgan fingerprint density at radius 3 is 2.60 bits per heavy atom. The number of nitrogens with zero attached hydrogens (tertiary/aromatic N) is 5. The maximum atomic E-state index is 11.9. The minimum Gasteiger partial charge on any atom is -0.494 e. The van der Waals surface area contributed by atoms with Crippen molar-refractivity contribution in [3.8, 4) is 28.8 Å². The van der Waals surface area contributed by atoms with Crippen LogP contribution in [0, 0.1) is 11.3 Å². The molecule has 0 unspecified atom stereocenters. The Morgan fingerprint density at radius 2 is 1.94 bits per heavy atom. The number of ether oxygens (including phenoxy) is 3. The largest absolute Gasteiger partial charge is 0.494 e. The third-order valence-electron chi connectivity index (χ3n) is 4.54. The first-order chi connectivity index (χ1) is 16.7. The Balaban J connectivity index is 1.67. The minimum atomic E-state index is -0.564. The summed E-state index contributed by atoms with van der Waals surface area (Å²) in [6, 6.07) is 3.52. The highest BCUT2D eigenvalue weighted by Gasteiger charge is 2.19. The predicted molar refractivity (Wildman–Crippen MR) is 127 cm³/mol. The number of hydrogen-bond acceptors (Lipinski definition) is 10. The van der Waals surface area contributed by atoms with E-state index in [1.54, 1.807) is 25.6 Å². The van der Waals surface area contributed by atoms with Crippen LogP contribution in [0.1, 0.15) is 39.8 Å². The van der Waals surface area contributed by atoms with Gasteiger partial charge in [0.25, 0.3) is 0 Å². The summed E-state index contributed by atoms with van der Waals surface area (Å²) < 4.78 is 16.7. The molecular formula is C23H28N8O4. The van der Waals surface area contributed by atoms with Crippen molar-refractivity contribution in [2.45, 2.75) is 45.8 Å². The molecule has 0 aliphatic carbocycles. The fourth-order valence-corrected chi connectivity index (χ4v) is 2.97. The molecule has 0 saturated heterocycles. The number of rotatable bonds is 9. The number of alkyl carbamates (subject to hydrolysis) is 1. The number of carbonyl (C=O) groups excluding carboxylic acids is 1. The van der Waals surface area contributed by atoms with E-state index in [9.17, 15) is 4.79 Å². The number of carbonyl (C=O) groups is 1. The zero-order valence-corrected chi connectivity index (χ0v) is 20.2. The highest BCUT2D eigenvalue weighted by molar-refractivity contribution is 5.75. The Kier molecular flexibility index (Phi) is 8.04. The van der Waals surface area contributed by atoms with Crippen molar-refractivity contribution in [2.24, 2.45) is 0 Å². The topological polar surface area (TPSA) is 160 Å². The molecule has 0 saturated carbocycles. The van der Waals surface area contributed by atoms with Crippen LogP contribution in [0.4, 0.5) is 16.4 Å². The van der Waals surface area contributed by atoms with Crippen LogP contribution in [0.25, 0.3) is 11.3 Å². The van der Waals surface area contributed by atoms with E-state index >= 15 is 0 Å². The Labute approximate surface area is 203 Å². The summed E-state index contributed by atoms with van der Waals surface area (Å²) in [5.41, 5.74) is 0.925. The van der Waals surface area contributed by atoms with Gasteiger partial charge in [-0.15, -0.1) is 0 Å². The van der Waals surface area contributed by atoms with Crippen LogP contribution in [0.5, 0.6) is 11.5 Å². The monoisotopic (exact) mass is 480 g/mol. The molecule has 0 bridgehead atoms. The van der Waals surface area contributed by atoms with E-state index in [2.05, 4.69) is 35.8 Å². The number of methoxy groups -OCH3 is 1. The van der Waals surface area contributed by atoms with Crippen molar-refractivity contribution in [2.75, 3.05) is 19.0 Å². The van der Waals surface area contributed by atoms with Crippen molar-refractivity contribution < 1.29 is 19.0 Å². The highest BCUT2D eigenvalue weighted by atomic mass is 16.6. The van der Waals surface area contributed by atoms with Gasteiger partial charge in [-0.1, -0.05) is 0 Å². The maximum Gasteiger partial charge on any atom is 0.407 e. The summed E-state index contributed by atoms with van der Waals surface area (Å²) >= 11 is 0. The zero-order valence-electron chi connectivity index (χ0n) is 20.2. The molecule has 3 heterocycles. The summed E-state index contributed by atoms with van der Waals surface area (Å²) in [6.07, 6.45) is 6.05. The van der Waals surface area contributed by atoms with Gasteiger partial charge in [-0.05, 0) is 27.7 Å². The van der Waals surface area contributed by atoms with Crippen molar-refractivity contribution in [1.29, 1.82) is 5.26 Å². The van der Waals surface area contributed by atoms with Crippen molar-refractivity contribution in [3.05, 3.63) is 36.5 Å². The van der Waals surface area contributed by atoms with Crippen LogP contribution in [0.3, 0.4) is 0 Å². The number of amides is 1. The second kappa shape index (κ2) is 11.1. The molecule has 0 fully saturated rings. The molecule has 0 spiro atoms. The van der Waals surface area contributed by atoms with E-state index in [1.807, 2.05) is 33.8 Å². The number of anilines is 2. The van der Waals surface area contributed by atoms with E-state index in [0.29, 0.717) is 47.4 Å². The molecule has 0 aliphatic rings. The fraction of sp³-hybridized carbons (Fsp3) is 0.391. The van der Waals surface area contributed by atoms with Crippen LogP contribution >= 0.6 is 0 Å². The molecular weight excluding hydrogens is 452 g/mol. The van der Waals surface area contributed by atoms with Gasteiger partial charge >= 0.3 is 6.09 Å². The molecule has 0 aromatic carbocycles. The van der Waals surface area contributed by atoms with E-state index in [1.165, 1.54) is 12.4 Å². The Morgan fingerprint density at radius 1 is 1.17 bits per heavy atom. The number of nitrogens with one attached hydrogen (secondary N) is 3. The summed E-state index contributed by atoms with van der Waals surface area (Å²) in [5.74, 6) is 1.91. The van der Waals surface area contributed by atoms with Gasteiger partial charge in [-0.25, -0.2) is 14.8 Å². The first kappa shape index (κ1) is 25.2. The average molecular weight is 481 g/mol. The number of aromatic nitrogens is 5. The van der Waals surface area contributed by atoms with Crippen LogP contribution in [0.15, 0.2) is 30.9 Å². The van der Waals surface area contributed by atoms with Gasteiger partial charge in [-0.2, -0.15) is 10.4 Å². The quantitative estimate of drug-likeness (QED) is 0.413. The molecule has 1 amide bonds. The molecule has 0 radical (unpaired) electrons. The van der Waals surface area contributed by atoms with E-state index in [-0.39, 0.29) is 11.7 Å². The molecule has 12 nitrogen and oxygen atoms in total. The number of nitriles is 1. The smallest absolute Gasteiger partial charge is 0.407 e. The lowest BCUT2D eigenvalue weighted by Gasteiger charge is -2.22. The number of H-pyrrole nitrogens is 1. The van der Waals surface area contributed by atoms with Crippen LogP contribution < -0.4 is 20.1 Å². The van der Waals surface area contributed by atoms with E-state index in [0.717, 1.165) is 0 Å². The molecule has 3 aromatic heterocycles. The molecule has 0 aliphatic heterocycles. The summed E-state index contributed by atoms with van der Waals surface area (Å²) in [5, 5.41) is 21.9. The maximum absolute atomic E-state index is 11.9. The van der Waals surface area contributed by atoms with Crippen LogP contribution in [0.2, 0.25) is 0 Å². The van der Waals surface area contributed by atoms with Crippen LogP contribution in [-0.4, -0.2) is 56.6 Å². The van der Waals surface area contributed by atoms with Gasteiger partial charge in [-0.3, -0.25) is 10.1 Å². The lowest BCUT2D eigenvalue weighted by Crippen LogP contribution is -2.38. The van der Waals surface area contributed by atoms with Crippen molar-refractivity contribution in [3.63, 3.8) is 0 Å². The minimum absolute atomic E-state index is 0.164. The molecule has 35 heavy (non-hydrogen) atoms. The van der Waals surface area contributed by atoms with Crippen LogP contribution in [-0.2, 0) is 4.74 Å². The molecule has 12 heteroatoms. The van der Waals surface area contributed by atoms with Gasteiger partial charge in [0, 0.05) is 18.5 Å². The first-order valence-electron chi connectivity index (χ1n) is 10.9. The number of pyridine rings is 1. The summed E-state index contributed by atoms with van der Waals surface area (Å²) in [6.45, 7) is 7.62. The normalized spacial score (nSPS) is 11.8. The standard InChI is InChI=1S/C23H28N8O4/c1-14(28-22(32)35-23(2,3)4)6-7-34-18-12-25-11-17(33-5)21(18)16-8-19(31-30-16)29-20-13-26-15(9-24)10-27-20/h8,10-14H,6-7H2,1-5H3,(H,28,32)(H2,27,29,30,31)/t14-/m1/s1. The van der Waals surface area contributed by atoms with Gasteiger partial charge in [0.2, 0.25) is 0 Å². The molecule has 3 rings (SSSR count). The molecule has 3 aromatic rings. The van der Waals surface area contributed by atoms with Gasteiger partial charge in [0.1, 0.15) is 23.2 Å². The summed E-state index contributed by atoms with van der Waals surface area (Å²) in [4.78, 5) is 24.2. The predicted octanol–water partition coefficient (Wildman–Crippen LogP) is 3.57. The highest BCUT2D eigenvalue weighted by Crippen LogP contribution is 2.37. The second-order valence-electron chi connectivity index (χ2n) is 8.59. The third kappa shape index (κ3) is 7.29. The first-order valence-corrected chi connectivity index (χ1v) is 10.9. The van der Waals surface area contributed by atoms with Gasteiger partial charge < -0.3 is 24.8 Å². The molecule has 1 atom stereocenters. The second-order valence-corrected chi connectivity index (χ2v) is 8.59. The van der Waals surface area contributed by atoms with Crippen molar-refractivity contribution in [1.82, 2.24) is 30.5 Å². The Bertz CT molecular complexity index is 1180. The Hall–Kier alpha value is -4.40. The number of aromatic amines is 1. The summed E-state index contributed by atoms with van der Waals surface area (Å²) in [7, 11) is 1.54. The molecule has 184 valence electrons. The lowest BCUT2D eigenvalue weighted by molar-refractivity contribution is 0.0503. The third-order valence-corrected chi connectivity index (χ3v) is 4.54. The lowest BCUT2D eigenvalue weighted by atomic mass is 10.1. The average Bonchev–Trinajstić information content (AvgIpc) is 3.26. The fourth-order valence-electron chi connectivity index (χ4n) is 2.97. The van der Waals surface area contributed by atoms with E-state index in [4.69, 9.17) is 19.5 Å². The number of hydrogen-bond donors (Lipinski definition) is 3. The zero-order chi connectivity index (χ0) is 25.4. The van der Waals surface area contributed by atoms with Gasteiger partial charge in [0.05, 0.1) is 49.8 Å².